The Kier molecular flexibility index (Phi) is 3.20. The van der Waals surface area contributed by atoms with E-state index in [2.05, 4.69) is 19.1 Å². The van der Waals surface area contributed by atoms with Crippen LogP contribution in [-0.4, -0.2) is 5.78 Å². The highest BCUT2D eigenvalue weighted by Gasteiger charge is 2.04. The predicted octanol–water partition coefficient (Wildman–Crippen LogP) is 4.32. The zero-order valence-electron chi connectivity index (χ0n) is 9.49. The number of carbonyl (C=O) groups excluding carboxylic acids is 1. The van der Waals surface area contributed by atoms with Crippen molar-refractivity contribution in [1.82, 2.24) is 0 Å². The molecule has 2 aromatic rings. The van der Waals surface area contributed by atoms with Crippen LogP contribution in [0, 0.1) is 6.92 Å². The third-order valence-electron chi connectivity index (χ3n) is 2.55. The molecule has 1 aromatic heterocycles. The van der Waals surface area contributed by atoms with Gasteiger partial charge in [-0.1, -0.05) is 31.2 Å². The molecule has 0 aliphatic heterocycles. The molecule has 0 radical (unpaired) electrons. The van der Waals surface area contributed by atoms with E-state index in [0.29, 0.717) is 6.42 Å². The standard InChI is InChI=1S/C14H14OS/c1-3-13(15)11-5-7-12(8-6-11)14-9-4-10(2)16-14/h4-9H,3H2,1-2H3. The molecule has 0 amide bonds. The Morgan fingerprint density at radius 1 is 1.12 bits per heavy atom. The predicted molar refractivity (Wildman–Crippen MR) is 69.1 cm³/mol. The van der Waals surface area contributed by atoms with E-state index in [1.54, 1.807) is 11.3 Å². The van der Waals surface area contributed by atoms with Crippen molar-refractivity contribution in [3.05, 3.63) is 46.8 Å². The van der Waals surface area contributed by atoms with Gasteiger partial charge in [0.1, 0.15) is 0 Å². The average molecular weight is 230 g/mol. The second-order valence-electron chi connectivity index (χ2n) is 3.76. The van der Waals surface area contributed by atoms with Gasteiger partial charge in [-0.3, -0.25) is 4.79 Å². The molecule has 0 aliphatic carbocycles. The molecule has 0 fully saturated rings. The van der Waals surface area contributed by atoms with E-state index >= 15 is 0 Å². The number of hydrogen-bond donors (Lipinski definition) is 0. The monoisotopic (exact) mass is 230 g/mol. The van der Waals surface area contributed by atoms with E-state index in [1.165, 1.54) is 15.3 Å². The first-order chi connectivity index (χ1) is 7.70. The summed E-state index contributed by atoms with van der Waals surface area (Å²) in [6.45, 7) is 3.99. The zero-order chi connectivity index (χ0) is 11.5. The van der Waals surface area contributed by atoms with E-state index in [-0.39, 0.29) is 5.78 Å². The summed E-state index contributed by atoms with van der Waals surface area (Å²) < 4.78 is 0. The molecule has 0 spiro atoms. The van der Waals surface area contributed by atoms with Crippen LogP contribution in [0.3, 0.4) is 0 Å². The van der Waals surface area contributed by atoms with Crippen LogP contribution < -0.4 is 0 Å². The van der Waals surface area contributed by atoms with Crippen LogP contribution in [0.5, 0.6) is 0 Å². The van der Waals surface area contributed by atoms with Gasteiger partial charge in [0, 0.05) is 21.7 Å². The molecule has 0 unspecified atom stereocenters. The molecule has 1 aromatic carbocycles. The molecule has 1 nitrogen and oxygen atoms in total. The van der Waals surface area contributed by atoms with Crippen LogP contribution in [0.2, 0.25) is 0 Å². The molecule has 0 saturated heterocycles. The van der Waals surface area contributed by atoms with Crippen molar-refractivity contribution < 1.29 is 4.79 Å². The molecule has 82 valence electrons. The normalized spacial score (nSPS) is 10.4. The number of carbonyl (C=O) groups is 1. The lowest BCUT2D eigenvalue weighted by Crippen LogP contribution is -1.95. The van der Waals surface area contributed by atoms with Crippen LogP contribution >= 0.6 is 11.3 Å². The highest BCUT2D eigenvalue weighted by Crippen LogP contribution is 2.27. The van der Waals surface area contributed by atoms with Gasteiger partial charge in [0.2, 0.25) is 0 Å². The van der Waals surface area contributed by atoms with Crippen molar-refractivity contribution in [1.29, 1.82) is 0 Å². The maximum absolute atomic E-state index is 11.5. The van der Waals surface area contributed by atoms with Crippen molar-refractivity contribution in [3.8, 4) is 10.4 Å². The average Bonchev–Trinajstić information content (AvgIpc) is 2.75. The summed E-state index contributed by atoms with van der Waals surface area (Å²) in [5.41, 5.74) is 1.99. The van der Waals surface area contributed by atoms with Gasteiger partial charge in [-0.15, -0.1) is 11.3 Å². The van der Waals surface area contributed by atoms with Crippen LogP contribution in [0.25, 0.3) is 10.4 Å². The summed E-state index contributed by atoms with van der Waals surface area (Å²) in [4.78, 5) is 14.0. The second-order valence-corrected chi connectivity index (χ2v) is 5.05. The summed E-state index contributed by atoms with van der Waals surface area (Å²) in [6, 6.07) is 12.1. The van der Waals surface area contributed by atoms with Crippen LogP contribution in [0.1, 0.15) is 28.6 Å². The molecular weight excluding hydrogens is 216 g/mol. The third-order valence-corrected chi connectivity index (χ3v) is 3.60. The Morgan fingerprint density at radius 3 is 2.31 bits per heavy atom. The largest absolute Gasteiger partial charge is 0.294 e. The van der Waals surface area contributed by atoms with Crippen LogP contribution in [0.15, 0.2) is 36.4 Å². The minimum absolute atomic E-state index is 0.203. The van der Waals surface area contributed by atoms with E-state index in [1.807, 2.05) is 31.2 Å². The summed E-state index contributed by atoms with van der Waals surface area (Å²) in [5.74, 6) is 0.203. The summed E-state index contributed by atoms with van der Waals surface area (Å²) in [7, 11) is 0. The topological polar surface area (TPSA) is 17.1 Å². The van der Waals surface area contributed by atoms with Crippen LogP contribution in [-0.2, 0) is 0 Å². The molecule has 0 atom stereocenters. The summed E-state index contributed by atoms with van der Waals surface area (Å²) >= 11 is 1.78. The maximum atomic E-state index is 11.5. The highest BCUT2D eigenvalue weighted by atomic mass is 32.1. The van der Waals surface area contributed by atoms with Gasteiger partial charge >= 0.3 is 0 Å². The number of aryl methyl sites for hydroxylation is 1. The number of thiophene rings is 1. The van der Waals surface area contributed by atoms with E-state index in [0.717, 1.165) is 5.56 Å². The molecule has 0 N–H and O–H groups in total. The van der Waals surface area contributed by atoms with Crippen molar-refractivity contribution in [3.63, 3.8) is 0 Å². The third kappa shape index (κ3) is 2.22. The summed E-state index contributed by atoms with van der Waals surface area (Å²) in [5, 5.41) is 0. The number of benzene rings is 1. The number of Topliss-reactive ketones (excluding diaryl/α,β-unsaturated/α-hetero) is 1. The van der Waals surface area contributed by atoms with Crippen molar-refractivity contribution in [2.45, 2.75) is 20.3 Å². The Bertz CT molecular complexity index is 494. The van der Waals surface area contributed by atoms with E-state index in [4.69, 9.17) is 0 Å². The zero-order valence-corrected chi connectivity index (χ0v) is 10.3. The highest BCUT2D eigenvalue weighted by molar-refractivity contribution is 7.15. The minimum atomic E-state index is 0.203. The molecule has 0 saturated carbocycles. The number of rotatable bonds is 3. The van der Waals surface area contributed by atoms with Gasteiger partial charge in [0.15, 0.2) is 5.78 Å². The SMILES string of the molecule is CCC(=O)c1ccc(-c2ccc(C)s2)cc1. The van der Waals surface area contributed by atoms with Gasteiger partial charge in [0.25, 0.3) is 0 Å². The number of ketones is 1. The Morgan fingerprint density at radius 2 is 1.81 bits per heavy atom. The van der Waals surface area contributed by atoms with Gasteiger partial charge in [0.05, 0.1) is 0 Å². The quantitative estimate of drug-likeness (QED) is 0.718. The fourth-order valence-corrected chi connectivity index (χ4v) is 2.49. The molecule has 0 aliphatic rings. The lowest BCUT2D eigenvalue weighted by molar-refractivity contribution is 0.0988. The van der Waals surface area contributed by atoms with Crippen molar-refractivity contribution in [2.24, 2.45) is 0 Å². The summed E-state index contributed by atoms with van der Waals surface area (Å²) in [6.07, 6.45) is 0.567. The Labute approximate surface area is 99.8 Å². The van der Waals surface area contributed by atoms with Crippen molar-refractivity contribution in [2.75, 3.05) is 0 Å². The molecule has 2 heteroatoms. The Hall–Kier alpha value is -1.41. The maximum Gasteiger partial charge on any atom is 0.162 e. The van der Waals surface area contributed by atoms with Gasteiger partial charge in [-0.05, 0) is 24.6 Å². The first-order valence-electron chi connectivity index (χ1n) is 5.41. The fourth-order valence-electron chi connectivity index (χ4n) is 1.61. The molecule has 2 rings (SSSR count). The van der Waals surface area contributed by atoms with Gasteiger partial charge in [-0.25, -0.2) is 0 Å². The second kappa shape index (κ2) is 4.62. The van der Waals surface area contributed by atoms with E-state index in [9.17, 15) is 4.79 Å². The Balaban J connectivity index is 2.29. The number of hydrogen-bond acceptors (Lipinski definition) is 2. The molecular formula is C14H14OS. The minimum Gasteiger partial charge on any atom is -0.294 e. The first-order valence-corrected chi connectivity index (χ1v) is 6.22. The first kappa shape index (κ1) is 11.1. The van der Waals surface area contributed by atoms with Crippen molar-refractivity contribution >= 4 is 17.1 Å². The molecule has 16 heavy (non-hydrogen) atoms. The van der Waals surface area contributed by atoms with Gasteiger partial charge < -0.3 is 0 Å². The lowest BCUT2D eigenvalue weighted by atomic mass is 10.1. The van der Waals surface area contributed by atoms with Crippen LogP contribution in [0.4, 0.5) is 0 Å². The molecule has 0 bridgehead atoms. The van der Waals surface area contributed by atoms with E-state index < -0.39 is 0 Å². The fraction of sp³-hybridized carbons (Fsp3) is 0.214. The van der Waals surface area contributed by atoms with Gasteiger partial charge in [-0.2, -0.15) is 0 Å². The molecule has 1 heterocycles. The lowest BCUT2D eigenvalue weighted by Gasteiger charge is -2.00. The smallest absolute Gasteiger partial charge is 0.162 e.